The average Bonchev–Trinajstić information content (AvgIpc) is 2.72. The highest BCUT2D eigenvalue weighted by molar-refractivity contribution is 5.12. The molecule has 1 aromatic heterocycles. The molecule has 1 saturated heterocycles. The second-order valence-electron chi connectivity index (χ2n) is 5.91. The molecule has 1 aliphatic rings. The normalized spacial score (nSPS) is 25.1. The van der Waals surface area contributed by atoms with E-state index >= 15 is 0 Å². The first-order chi connectivity index (χ1) is 9.02. The van der Waals surface area contributed by atoms with Crippen molar-refractivity contribution in [3.63, 3.8) is 0 Å². The van der Waals surface area contributed by atoms with Gasteiger partial charge in [-0.25, -0.2) is 0 Å². The van der Waals surface area contributed by atoms with E-state index in [2.05, 4.69) is 44.0 Å². The number of hydrogen-bond donors (Lipinski definition) is 1. The largest absolute Gasteiger partial charge is 0.468 e. The molecular weight excluding hydrogens is 240 g/mol. The van der Waals surface area contributed by atoms with Crippen molar-refractivity contribution in [2.45, 2.75) is 59.0 Å². The van der Waals surface area contributed by atoms with E-state index in [1.165, 1.54) is 5.56 Å². The van der Waals surface area contributed by atoms with Crippen molar-refractivity contribution >= 4 is 0 Å². The van der Waals surface area contributed by atoms with Gasteiger partial charge in [0.2, 0.25) is 0 Å². The van der Waals surface area contributed by atoms with Gasteiger partial charge in [0.05, 0.1) is 25.0 Å². The fourth-order valence-electron chi connectivity index (χ4n) is 2.56. The van der Waals surface area contributed by atoms with Crippen molar-refractivity contribution in [2.24, 2.45) is 0 Å². The van der Waals surface area contributed by atoms with Gasteiger partial charge >= 0.3 is 0 Å². The topological polar surface area (TPSA) is 37.6 Å². The Morgan fingerprint density at radius 3 is 2.63 bits per heavy atom. The Bertz CT molecular complexity index is 379. The third-order valence-electron chi connectivity index (χ3n) is 3.30. The second-order valence-corrected chi connectivity index (χ2v) is 5.91. The summed E-state index contributed by atoms with van der Waals surface area (Å²) in [7, 11) is 0. The van der Waals surface area contributed by atoms with Crippen LogP contribution in [0.4, 0.5) is 0 Å². The van der Waals surface area contributed by atoms with Gasteiger partial charge in [0.1, 0.15) is 5.76 Å². The van der Waals surface area contributed by atoms with Gasteiger partial charge in [-0.15, -0.1) is 0 Å². The first kappa shape index (κ1) is 14.6. The number of furan rings is 1. The Balaban J connectivity index is 1.85. The van der Waals surface area contributed by atoms with Crippen LogP contribution in [0.5, 0.6) is 0 Å². The van der Waals surface area contributed by atoms with Gasteiger partial charge in [0.25, 0.3) is 0 Å². The van der Waals surface area contributed by atoms with Crippen LogP contribution in [-0.2, 0) is 17.8 Å². The lowest BCUT2D eigenvalue weighted by Crippen LogP contribution is -2.44. The lowest BCUT2D eigenvalue weighted by Gasteiger charge is -2.34. The van der Waals surface area contributed by atoms with Crippen molar-refractivity contribution in [1.29, 1.82) is 0 Å². The number of morpholine rings is 1. The van der Waals surface area contributed by atoms with E-state index in [1.807, 2.05) is 6.26 Å². The van der Waals surface area contributed by atoms with Crippen molar-refractivity contribution in [2.75, 3.05) is 13.1 Å². The van der Waals surface area contributed by atoms with Crippen molar-refractivity contribution in [3.05, 3.63) is 23.7 Å². The van der Waals surface area contributed by atoms with Gasteiger partial charge in [0.15, 0.2) is 0 Å². The summed E-state index contributed by atoms with van der Waals surface area (Å²) in [5, 5.41) is 3.40. The van der Waals surface area contributed by atoms with E-state index in [0.717, 1.165) is 31.9 Å². The minimum Gasteiger partial charge on any atom is -0.468 e. The van der Waals surface area contributed by atoms with E-state index < -0.39 is 0 Å². The highest BCUT2D eigenvalue weighted by Gasteiger charge is 2.22. The van der Waals surface area contributed by atoms with Gasteiger partial charge in [-0.2, -0.15) is 0 Å². The average molecular weight is 266 g/mol. The molecule has 0 aliphatic carbocycles. The molecule has 0 aromatic carbocycles. The summed E-state index contributed by atoms with van der Waals surface area (Å²) in [6.07, 6.45) is 2.47. The molecule has 4 nitrogen and oxygen atoms in total. The number of ether oxygens (including phenoxy) is 1. The molecule has 0 radical (unpaired) electrons. The van der Waals surface area contributed by atoms with Crippen molar-refractivity contribution in [1.82, 2.24) is 10.2 Å². The predicted octanol–water partition coefficient (Wildman–Crippen LogP) is 2.39. The molecule has 4 heteroatoms. The molecule has 108 valence electrons. The first-order valence-electron chi connectivity index (χ1n) is 7.20. The summed E-state index contributed by atoms with van der Waals surface area (Å²) in [6, 6.07) is 2.65. The van der Waals surface area contributed by atoms with Crippen LogP contribution in [0.1, 0.15) is 39.0 Å². The second kappa shape index (κ2) is 6.55. The maximum Gasteiger partial charge on any atom is 0.118 e. The molecule has 19 heavy (non-hydrogen) atoms. The number of hydrogen-bond acceptors (Lipinski definition) is 4. The third kappa shape index (κ3) is 4.64. The van der Waals surface area contributed by atoms with Gasteiger partial charge in [-0.05, 0) is 19.9 Å². The number of rotatable bonds is 5. The maximum atomic E-state index is 5.74. The zero-order valence-corrected chi connectivity index (χ0v) is 12.5. The van der Waals surface area contributed by atoms with E-state index in [0.29, 0.717) is 18.2 Å². The zero-order valence-electron chi connectivity index (χ0n) is 12.5. The quantitative estimate of drug-likeness (QED) is 0.888. The molecule has 2 rings (SSSR count). The summed E-state index contributed by atoms with van der Waals surface area (Å²) in [5.41, 5.74) is 1.22. The molecule has 0 saturated carbocycles. The summed E-state index contributed by atoms with van der Waals surface area (Å²) < 4.78 is 11.4. The smallest absolute Gasteiger partial charge is 0.118 e. The van der Waals surface area contributed by atoms with Gasteiger partial charge in [0, 0.05) is 31.2 Å². The number of nitrogens with one attached hydrogen (secondary N) is 1. The van der Waals surface area contributed by atoms with Crippen LogP contribution in [0.3, 0.4) is 0 Å². The van der Waals surface area contributed by atoms with Crippen LogP contribution in [0.25, 0.3) is 0 Å². The molecule has 2 atom stereocenters. The third-order valence-corrected chi connectivity index (χ3v) is 3.30. The van der Waals surface area contributed by atoms with Gasteiger partial charge in [-0.3, -0.25) is 4.90 Å². The molecule has 0 amide bonds. The molecule has 1 fully saturated rings. The van der Waals surface area contributed by atoms with E-state index in [4.69, 9.17) is 9.15 Å². The fourth-order valence-corrected chi connectivity index (χ4v) is 2.56. The van der Waals surface area contributed by atoms with Crippen LogP contribution in [0, 0.1) is 0 Å². The number of nitrogens with zero attached hydrogens (tertiary/aromatic N) is 1. The lowest BCUT2D eigenvalue weighted by atomic mass is 10.2. The van der Waals surface area contributed by atoms with Gasteiger partial charge < -0.3 is 14.5 Å². The predicted molar refractivity (Wildman–Crippen MR) is 76.0 cm³/mol. The molecule has 0 spiro atoms. The summed E-state index contributed by atoms with van der Waals surface area (Å²) >= 11 is 0. The minimum absolute atomic E-state index is 0.306. The first-order valence-corrected chi connectivity index (χ1v) is 7.20. The SMILES string of the molecule is CC(C)NCc1coc(CN2CC(C)OC(C)C2)c1. The monoisotopic (exact) mass is 266 g/mol. The van der Waals surface area contributed by atoms with E-state index in [-0.39, 0.29) is 0 Å². The molecule has 0 bridgehead atoms. The standard InChI is InChI=1S/C15H26N2O2/c1-11(2)16-6-14-5-15(18-10-14)9-17-7-12(3)19-13(4)8-17/h5,10-13,16H,6-9H2,1-4H3. The molecule has 2 unspecified atom stereocenters. The Kier molecular flexibility index (Phi) is 5.02. The maximum absolute atomic E-state index is 5.74. The van der Waals surface area contributed by atoms with Crippen LogP contribution >= 0.6 is 0 Å². The van der Waals surface area contributed by atoms with Crippen molar-refractivity contribution in [3.8, 4) is 0 Å². The van der Waals surface area contributed by atoms with Crippen LogP contribution in [-0.4, -0.2) is 36.2 Å². The summed E-state index contributed by atoms with van der Waals surface area (Å²) in [4.78, 5) is 2.40. The van der Waals surface area contributed by atoms with Crippen LogP contribution in [0.2, 0.25) is 0 Å². The molecule has 1 aromatic rings. The van der Waals surface area contributed by atoms with Crippen molar-refractivity contribution < 1.29 is 9.15 Å². The molecular formula is C15H26N2O2. The van der Waals surface area contributed by atoms with E-state index in [9.17, 15) is 0 Å². The molecule has 1 N–H and O–H groups in total. The minimum atomic E-state index is 0.306. The Hall–Kier alpha value is -0.840. The molecule has 1 aliphatic heterocycles. The highest BCUT2D eigenvalue weighted by Crippen LogP contribution is 2.16. The van der Waals surface area contributed by atoms with E-state index in [1.54, 1.807) is 0 Å². The van der Waals surface area contributed by atoms with Crippen LogP contribution in [0.15, 0.2) is 16.7 Å². The van der Waals surface area contributed by atoms with Gasteiger partial charge in [-0.1, -0.05) is 13.8 Å². The Morgan fingerprint density at radius 1 is 1.32 bits per heavy atom. The highest BCUT2D eigenvalue weighted by atomic mass is 16.5. The Morgan fingerprint density at radius 2 is 2.00 bits per heavy atom. The Labute approximate surface area is 116 Å². The fraction of sp³-hybridized carbons (Fsp3) is 0.733. The molecule has 2 heterocycles. The zero-order chi connectivity index (χ0) is 13.8. The summed E-state index contributed by atoms with van der Waals surface area (Å²) in [6.45, 7) is 12.3. The summed E-state index contributed by atoms with van der Waals surface area (Å²) in [5.74, 6) is 1.04. The van der Waals surface area contributed by atoms with Crippen LogP contribution < -0.4 is 5.32 Å². The lowest BCUT2D eigenvalue weighted by molar-refractivity contribution is -0.0718.